The normalized spacial score (nSPS) is 12.3. The largest absolute Gasteiger partial charge is 0.300 e. The first kappa shape index (κ1) is 22.8. The molecule has 0 rings (SSSR count). The lowest BCUT2D eigenvalue weighted by atomic mass is 10.1. The minimum Gasteiger partial charge on any atom is -0.300 e. The summed E-state index contributed by atoms with van der Waals surface area (Å²) in [5.41, 5.74) is 0. The van der Waals surface area contributed by atoms with Gasteiger partial charge in [0.15, 0.2) is 0 Å². The van der Waals surface area contributed by atoms with Crippen LogP contribution in [0.25, 0.3) is 0 Å². The number of allylic oxidation sites excluding steroid dienone is 1. The minimum absolute atomic E-state index is 0.342. The Morgan fingerprint density at radius 2 is 1.09 bits per heavy atom. The molecule has 136 valence electrons. The van der Waals surface area contributed by atoms with E-state index in [0.29, 0.717) is 5.78 Å². The van der Waals surface area contributed by atoms with Gasteiger partial charge in [-0.3, -0.25) is 0 Å². The smallest absolute Gasteiger partial charge is 0.129 e. The van der Waals surface area contributed by atoms with Crippen LogP contribution in [0.3, 0.4) is 0 Å². The highest BCUT2D eigenvalue weighted by molar-refractivity contribution is 7.04. The van der Waals surface area contributed by atoms with Crippen LogP contribution in [0.15, 0.2) is 10.9 Å². The molecular formula is C20H42OSi2. The van der Waals surface area contributed by atoms with Crippen molar-refractivity contribution in [3.05, 3.63) is 10.9 Å². The van der Waals surface area contributed by atoms with Gasteiger partial charge < -0.3 is 4.79 Å². The lowest BCUT2D eigenvalue weighted by Gasteiger charge is -2.31. The Morgan fingerprint density at radius 1 is 0.696 bits per heavy atom. The van der Waals surface area contributed by atoms with Gasteiger partial charge in [-0.2, -0.15) is 0 Å². The highest BCUT2D eigenvalue weighted by atomic mass is 28.4. The maximum Gasteiger partial charge on any atom is 0.129 e. The van der Waals surface area contributed by atoms with Gasteiger partial charge in [-0.1, -0.05) is 88.7 Å². The molecule has 3 heteroatoms. The molecule has 0 bridgehead atoms. The number of rotatable bonds is 13. The quantitative estimate of drug-likeness (QED) is 0.253. The minimum atomic E-state index is -1.13. The summed E-state index contributed by atoms with van der Waals surface area (Å²) in [5.74, 6) is 0.342. The highest BCUT2D eigenvalue weighted by Crippen LogP contribution is 2.26. The lowest BCUT2D eigenvalue weighted by molar-refractivity contribution is -0.117. The second kappa shape index (κ2) is 11.4. The number of hydrogen-bond donors (Lipinski definition) is 0. The molecule has 0 radical (unpaired) electrons. The molecule has 0 saturated heterocycles. The zero-order valence-electron chi connectivity index (χ0n) is 17.1. The molecule has 0 aliphatic carbocycles. The molecule has 0 aliphatic rings. The summed E-state index contributed by atoms with van der Waals surface area (Å²) in [7, 11) is -2.25. The molecule has 0 unspecified atom stereocenters. The van der Waals surface area contributed by atoms with Gasteiger partial charge in [-0.25, -0.2) is 0 Å². The van der Waals surface area contributed by atoms with Crippen LogP contribution in [0.1, 0.15) is 71.1 Å². The average molecular weight is 355 g/mol. The molecule has 0 atom stereocenters. The second-order valence-corrected chi connectivity index (χ2v) is 19.8. The molecule has 0 aromatic carbocycles. The van der Waals surface area contributed by atoms with Crippen LogP contribution in [0, 0.1) is 0 Å². The first-order valence-electron chi connectivity index (χ1n) is 9.75. The number of hydrogen-bond acceptors (Lipinski definition) is 1. The molecule has 0 spiro atoms. The standard InChI is InChI=1S/C20H42OSi2/c1-19(21)17-15-13-11-9-8-10-12-14-16-18-20(22(2,3)4)23(5,6)7/h18H,8-17H2,1-7H3. The summed E-state index contributed by atoms with van der Waals surface area (Å²) in [5, 5.41) is 0. The number of Topliss-reactive ketones (excluding diaryl/α,β-unsaturated/α-hetero) is 1. The fourth-order valence-corrected chi connectivity index (χ4v) is 14.1. The van der Waals surface area contributed by atoms with E-state index < -0.39 is 16.1 Å². The van der Waals surface area contributed by atoms with Crippen molar-refractivity contribution >= 4 is 21.9 Å². The van der Waals surface area contributed by atoms with Crippen molar-refractivity contribution in [2.75, 3.05) is 0 Å². The van der Waals surface area contributed by atoms with Gasteiger partial charge >= 0.3 is 0 Å². The highest BCUT2D eigenvalue weighted by Gasteiger charge is 2.30. The van der Waals surface area contributed by atoms with E-state index in [1.807, 2.05) is 4.82 Å². The maximum atomic E-state index is 10.9. The maximum absolute atomic E-state index is 10.9. The third kappa shape index (κ3) is 12.9. The van der Waals surface area contributed by atoms with Crippen LogP contribution in [-0.4, -0.2) is 21.9 Å². The van der Waals surface area contributed by atoms with Gasteiger partial charge in [0, 0.05) is 6.42 Å². The zero-order chi connectivity index (χ0) is 17.9. The van der Waals surface area contributed by atoms with Crippen molar-refractivity contribution in [1.29, 1.82) is 0 Å². The Morgan fingerprint density at radius 3 is 1.48 bits per heavy atom. The molecule has 0 amide bonds. The van der Waals surface area contributed by atoms with E-state index in [2.05, 4.69) is 45.4 Å². The monoisotopic (exact) mass is 354 g/mol. The fraction of sp³-hybridized carbons (Fsp3) is 0.850. The molecule has 0 heterocycles. The van der Waals surface area contributed by atoms with E-state index in [-0.39, 0.29) is 0 Å². The van der Waals surface area contributed by atoms with Crippen LogP contribution in [0.2, 0.25) is 39.3 Å². The Hall–Kier alpha value is -0.156. The van der Waals surface area contributed by atoms with E-state index in [1.165, 1.54) is 51.4 Å². The van der Waals surface area contributed by atoms with Gasteiger partial charge in [0.25, 0.3) is 0 Å². The second-order valence-electron chi connectivity index (χ2n) is 9.19. The van der Waals surface area contributed by atoms with E-state index in [1.54, 1.807) is 6.92 Å². The molecule has 0 fully saturated rings. The Bertz CT molecular complexity index is 343. The van der Waals surface area contributed by atoms with Crippen molar-refractivity contribution < 1.29 is 4.79 Å². The number of ketones is 1. The Labute approximate surface area is 148 Å². The SMILES string of the molecule is CC(=O)CCCCCCCCCCC=C([Si](C)(C)C)[Si](C)(C)C. The Kier molecular flexibility index (Phi) is 11.3. The van der Waals surface area contributed by atoms with Crippen molar-refractivity contribution in [3.8, 4) is 0 Å². The fourth-order valence-electron chi connectivity index (χ4n) is 3.56. The van der Waals surface area contributed by atoms with Crippen LogP contribution < -0.4 is 0 Å². The first-order valence-corrected chi connectivity index (χ1v) is 16.8. The first-order chi connectivity index (χ1) is 10.5. The molecule has 0 aromatic rings. The predicted octanol–water partition coefficient (Wildman–Crippen LogP) is 7.16. The van der Waals surface area contributed by atoms with Crippen LogP contribution >= 0.6 is 0 Å². The van der Waals surface area contributed by atoms with Crippen LogP contribution in [0.5, 0.6) is 0 Å². The van der Waals surface area contributed by atoms with Gasteiger partial charge in [-0.05, 0) is 26.2 Å². The average Bonchev–Trinajstić information content (AvgIpc) is 2.36. The van der Waals surface area contributed by atoms with E-state index in [9.17, 15) is 4.79 Å². The molecule has 0 saturated carbocycles. The molecule has 23 heavy (non-hydrogen) atoms. The predicted molar refractivity (Wildman–Crippen MR) is 112 cm³/mol. The molecule has 0 aliphatic heterocycles. The Balaban J connectivity index is 3.75. The molecule has 0 aromatic heterocycles. The van der Waals surface area contributed by atoms with Crippen LogP contribution in [0.4, 0.5) is 0 Å². The van der Waals surface area contributed by atoms with Crippen molar-refractivity contribution in [2.24, 2.45) is 0 Å². The van der Waals surface area contributed by atoms with Crippen LogP contribution in [-0.2, 0) is 4.79 Å². The summed E-state index contributed by atoms with van der Waals surface area (Å²) in [6.45, 7) is 16.7. The molecule has 0 N–H and O–H groups in total. The van der Waals surface area contributed by atoms with Gasteiger partial charge in [-0.15, -0.1) is 0 Å². The molecule has 1 nitrogen and oxygen atoms in total. The van der Waals surface area contributed by atoms with Crippen molar-refractivity contribution in [3.63, 3.8) is 0 Å². The van der Waals surface area contributed by atoms with Gasteiger partial charge in [0.2, 0.25) is 0 Å². The topological polar surface area (TPSA) is 17.1 Å². The van der Waals surface area contributed by atoms with E-state index in [4.69, 9.17) is 0 Å². The summed E-state index contributed by atoms with van der Waals surface area (Å²) < 4.78 is 0. The number of carbonyl (C=O) groups is 1. The van der Waals surface area contributed by atoms with Crippen molar-refractivity contribution in [1.82, 2.24) is 0 Å². The zero-order valence-corrected chi connectivity index (χ0v) is 19.1. The summed E-state index contributed by atoms with van der Waals surface area (Å²) in [6.07, 6.45) is 15.2. The molecular weight excluding hydrogens is 312 g/mol. The summed E-state index contributed by atoms with van der Waals surface area (Å²) in [4.78, 5) is 12.7. The summed E-state index contributed by atoms with van der Waals surface area (Å²) in [6, 6.07) is 0. The van der Waals surface area contributed by atoms with E-state index >= 15 is 0 Å². The number of carbonyl (C=O) groups excluding carboxylic acids is 1. The van der Waals surface area contributed by atoms with Gasteiger partial charge in [0.05, 0.1) is 16.1 Å². The third-order valence-corrected chi connectivity index (χ3v) is 12.6. The summed E-state index contributed by atoms with van der Waals surface area (Å²) >= 11 is 0. The number of unbranched alkanes of at least 4 members (excludes halogenated alkanes) is 8. The van der Waals surface area contributed by atoms with Gasteiger partial charge in [0.1, 0.15) is 5.78 Å². The van der Waals surface area contributed by atoms with E-state index in [0.717, 1.165) is 12.8 Å². The third-order valence-electron chi connectivity index (χ3n) is 4.45. The lowest BCUT2D eigenvalue weighted by Crippen LogP contribution is -2.39. The van der Waals surface area contributed by atoms with Crippen molar-refractivity contribution in [2.45, 2.75) is 110 Å².